The van der Waals surface area contributed by atoms with Crippen LogP contribution in [0.3, 0.4) is 0 Å². The molecule has 0 aromatic carbocycles. The van der Waals surface area contributed by atoms with E-state index >= 15 is 0 Å². The van der Waals surface area contributed by atoms with Crippen LogP contribution in [0.25, 0.3) is 0 Å². The third-order valence-electron chi connectivity index (χ3n) is 3.14. The van der Waals surface area contributed by atoms with Crippen LogP contribution in [0.2, 0.25) is 0 Å². The summed E-state index contributed by atoms with van der Waals surface area (Å²) in [6, 6.07) is 6.00. The van der Waals surface area contributed by atoms with E-state index in [1.54, 1.807) is 18.6 Å². The van der Waals surface area contributed by atoms with Crippen molar-refractivity contribution in [3.05, 3.63) is 54.1 Å². The Balaban J connectivity index is 2.05. The van der Waals surface area contributed by atoms with Gasteiger partial charge in [0.1, 0.15) is 6.17 Å². The van der Waals surface area contributed by atoms with E-state index in [0.717, 1.165) is 23.4 Å². The van der Waals surface area contributed by atoms with Crippen molar-refractivity contribution in [1.82, 2.24) is 9.97 Å². The van der Waals surface area contributed by atoms with Crippen molar-refractivity contribution < 1.29 is 0 Å². The standard InChI is InChI=1S/C14H14N4/c1-2-18-13-10-16-8-5-12(13)9-17-14(18)11-3-6-15-7-4-11/h3-10,14H,2H2,1H3. The third-order valence-corrected chi connectivity index (χ3v) is 3.14. The number of hydrogen-bond acceptors (Lipinski definition) is 4. The summed E-state index contributed by atoms with van der Waals surface area (Å²) < 4.78 is 0. The highest BCUT2D eigenvalue weighted by molar-refractivity contribution is 5.89. The summed E-state index contributed by atoms with van der Waals surface area (Å²) in [6.45, 7) is 3.02. The summed E-state index contributed by atoms with van der Waals surface area (Å²) in [4.78, 5) is 15.1. The van der Waals surface area contributed by atoms with Gasteiger partial charge in [-0.25, -0.2) is 0 Å². The predicted molar refractivity (Wildman–Crippen MR) is 71.8 cm³/mol. The largest absolute Gasteiger partial charge is 0.344 e. The molecule has 0 N–H and O–H groups in total. The van der Waals surface area contributed by atoms with Gasteiger partial charge in [-0.05, 0) is 30.7 Å². The molecule has 0 bridgehead atoms. The molecule has 3 heterocycles. The van der Waals surface area contributed by atoms with Gasteiger partial charge in [-0.3, -0.25) is 15.0 Å². The van der Waals surface area contributed by atoms with E-state index in [4.69, 9.17) is 0 Å². The van der Waals surface area contributed by atoms with E-state index in [-0.39, 0.29) is 6.17 Å². The van der Waals surface area contributed by atoms with Crippen molar-refractivity contribution in [3.63, 3.8) is 0 Å². The lowest BCUT2D eigenvalue weighted by molar-refractivity contribution is 0.657. The second kappa shape index (κ2) is 4.56. The molecule has 1 aliphatic rings. The van der Waals surface area contributed by atoms with Crippen LogP contribution in [0, 0.1) is 0 Å². The quantitative estimate of drug-likeness (QED) is 0.807. The monoisotopic (exact) mass is 238 g/mol. The zero-order valence-electron chi connectivity index (χ0n) is 10.2. The maximum Gasteiger partial charge on any atom is 0.147 e. The van der Waals surface area contributed by atoms with E-state index in [1.165, 1.54) is 0 Å². The summed E-state index contributed by atoms with van der Waals surface area (Å²) in [7, 11) is 0. The van der Waals surface area contributed by atoms with Gasteiger partial charge >= 0.3 is 0 Å². The Labute approximate surface area is 106 Å². The fourth-order valence-electron chi connectivity index (χ4n) is 2.25. The summed E-state index contributed by atoms with van der Waals surface area (Å²) >= 11 is 0. The van der Waals surface area contributed by atoms with Crippen LogP contribution in [0.4, 0.5) is 5.69 Å². The lowest BCUT2D eigenvalue weighted by Gasteiger charge is -2.33. The van der Waals surface area contributed by atoms with Gasteiger partial charge in [-0.2, -0.15) is 0 Å². The van der Waals surface area contributed by atoms with Crippen molar-refractivity contribution in [3.8, 4) is 0 Å². The molecule has 1 unspecified atom stereocenters. The molecule has 0 radical (unpaired) electrons. The maximum absolute atomic E-state index is 4.64. The van der Waals surface area contributed by atoms with E-state index in [2.05, 4.69) is 26.8 Å². The summed E-state index contributed by atoms with van der Waals surface area (Å²) in [6.07, 6.45) is 9.25. The van der Waals surface area contributed by atoms with Crippen LogP contribution in [-0.2, 0) is 0 Å². The first-order valence-corrected chi connectivity index (χ1v) is 6.04. The van der Waals surface area contributed by atoms with Crippen LogP contribution in [0.1, 0.15) is 24.2 Å². The molecular formula is C14H14N4. The lowest BCUT2D eigenvalue weighted by Crippen LogP contribution is -2.30. The maximum atomic E-state index is 4.64. The fraction of sp³-hybridized carbons (Fsp3) is 0.214. The van der Waals surface area contributed by atoms with Gasteiger partial charge in [-0.1, -0.05) is 0 Å². The number of nitrogens with zero attached hydrogens (tertiary/aromatic N) is 4. The molecule has 0 spiro atoms. The number of rotatable bonds is 2. The summed E-state index contributed by atoms with van der Waals surface area (Å²) in [5.74, 6) is 0. The van der Waals surface area contributed by atoms with Gasteiger partial charge in [0.05, 0.1) is 11.9 Å². The van der Waals surface area contributed by atoms with Gasteiger partial charge in [0, 0.05) is 36.9 Å². The predicted octanol–water partition coefficient (Wildman–Crippen LogP) is 2.43. The highest BCUT2D eigenvalue weighted by Crippen LogP contribution is 2.32. The topological polar surface area (TPSA) is 41.4 Å². The Bertz CT molecular complexity index is 565. The van der Waals surface area contributed by atoms with E-state index in [9.17, 15) is 0 Å². The van der Waals surface area contributed by atoms with Crippen LogP contribution in [0.15, 0.2) is 48.0 Å². The minimum Gasteiger partial charge on any atom is -0.344 e. The number of hydrogen-bond donors (Lipinski definition) is 0. The summed E-state index contributed by atoms with van der Waals surface area (Å²) in [5.41, 5.74) is 3.41. The molecule has 18 heavy (non-hydrogen) atoms. The smallest absolute Gasteiger partial charge is 0.147 e. The van der Waals surface area contributed by atoms with Gasteiger partial charge in [0.2, 0.25) is 0 Å². The Kier molecular flexibility index (Phi) is 2.76. The van der Waals surface area contributed by atoms with Crippen LogP contribution in [-0.4, -0.2) is 22.7 Å². The van der Waals surface area contributed by atoms with Crippen LogP contribution >= 0.6 is 0 Å². The molecule has 1 aliphatic heterocycles. The highest BCUT2D eigenvalue weighted by Gasteiger charge is 2.23. The molecule has 0 saturated heterocycles. The minimum atomic E-state index is 0.0229. The van der Waals surface area contributed by atoms with Crippen molar-refractivity contribution in [2.75, 3.05) is 11.4 Å². The first kappa shape index (κ1) is 10.9. The SMILES string of the molecule is CCN1c2cnccc2C=NC1c1ccncc1. The Morgan fingerprint density at radius 2 is 1.89 bits per heavy atom. The third kappa shape index (κ3) is 1.76. The van der Waals surface area contributed by atoms with Gasteiger partial charge in [-0.15, -0.1) is 0 Å². The average molecular weight is 238 g/mol. The first-order valence-electron chi connectivity index (χ1n) is 6.04. The van der Waals surface area contributed by atoms with Crippen LogP contribution in [0.5, 0.6) is 0 Å². The molecular weight excluding hydrogens is 224 g/mol. The van der Waals surface area contributed by atoms with Crippen molar-refractivity contribution in [1.29, 1.82) is 0 Å². The zero-order valence-corrected chi connectivity index (χ0v) is 10.2. The number of anilines is 1. The van der Waals surface area contributed by atoms with E-state index in [1.807, 2.05) is 30.6 Å². The average Bonchev–Trinajstić information content (AvgIpc) is 2.47. The number of aliphatic imine (C=N–C) groups is 1. The molecule has 4 nitrogen and oxygen atoms in total. The molecule has 90 valence electrons. The van der Waals surface area contributed by atoms with Crippen molar-refractivity contribution in [2.45, 2.75) is 13.1 Å². The molecule has 0 aliphatic carbocycles. The number of pyridine rings is 2. The summed E-state index contributed by atoms with van der Waals surface area (Å²) in [5, 5.41) is 0. The molecule has 0 fully saturated rings. The molecule has 2 aromatic rings. The number of fused-ring (bicyclic) bond motifs is 1. The van der Waals surface area contributed by atoms with E-state index < -0.39 is 0 Å². The van der Waals surface area contributed by atoms with Crippen molar-refractivity contribution in [2.24, 2.45) is 4.99 Å². The normalized spacial score (nSPS) is 17.6. The second-order valence-corrected chi connectivity index (χ2v) is 4.15. The molecule has 3 rings (SSSR count). The lowest BCUT2D eigenvalue weighted by atomic mass is 10.1. The molecule has 4 heteroatoms. The number of aromatic nitrogens is 2. The molecule has 0 saturated carbocycles. The highest BCUT2D eigenvalue weighted by atomic mass is 15.3. The van der Waals surface area contributed by atoms with Crippen LogP contribution < -0.4 is 4.90 Å². The van der Waals surface area contributed by atoms with Crippen molar-refractivity contribution >= 4 is 11.9 Å². The van der Waals surface area contributed by atoms with Gasteiger partial charge < -0.3 is 4.90 Å². The van der Waals surface area contributed by atoms with Gasteiger partial charge in [0.25, 0.3) is 0 Å². The van der Waals surface area contributed by atoms with E-state index in [0.29, 0.717) is 0 Å². The Morgan fingerprint density at radius 3 is 2.67 bits per heavy atom. The van der Waals surface area contributed by atoms with Gasteiger partial charge in [0.15, 0.2) is 0 Å². The minimum absolute atomic E-state index is 0.0229. The molecule has 1 atom stereocenters. The molecule has 0 amide bonds. The Morgan fingerprint density at radius 1 is 1.11 bits per heavy atom. The fourth-order valence-corrected chi connectivity index (χ4v) is 2.25. The molecule has 2 aromatic heterocycles. The first-order chi connectivity index (χ1) is 8.90. The second-order valence-electron chi connectivity index (χ2n) is 4.15. The zero-order chi connectivity index (χ0) is 12.4. The Hall–Kier alpha value is -2.23.